The van der Waals surface area contributed by atoms with Crippen LogP contribution in [0.4, 0.5) is 11.4 Å². The normalized spacial score (nSPS) is 14.3. The Kier molecular flexibility index (Phi) is 11.5. The molecule has 1 fully saturated rings. The maximum Gasteiger partial charge on any atom is 0.129 e. The minimum Gasteiger partial charge on any atom is -0.358 e. The van der Waals surface area contributed by atoms with E-state index in [9.17, 15) is 0 Å². The maximum absolute atomic E-state index is 5.48. The summed E-state index contributed by atoms with van der Waals surface area (Å²) < 4.78 is 0. The summed E-state index contributed by atoms with van der Waals surface area (Å²) >= 11 is 3.59. The fourth-order valence-electron chi connectivity index (χ4n) is 5.49. The first-order valence-electron chi connectivity index (χ1n) is 14.8. The van der Waals surface area contributed by atoms with Crippen molar-refractivity contribution in [3.63, 3.8) is 0 Å². The molecule has 0 bridgehead atoms. The van der Waals surface area contributed by atoms with Gasteiger partial charge in [0.1, 0.15) is 10.1 Å². The molecule has 7 rings (SSSR count). The third-order valence-corrected chi connectivity index (χ3v) is 9.90. The summed E-state index contributed by atoms with van der Waals surface area (Å²) in [6.45, 7) is 0. The molecule has 0 radical (unpaired) electrons. The van der Waals surface area contributed by atoms with Crippen LogP contribution in [-0.4, -0.2) is 21.6 Å². The number of hydrogen-bond donors (Lipinski definition) is 0. The smallest absolute Gasteiger partial charge is 0.129 e. The van der Waals surface area contributed by atoms with E-state index in [0.29, 0.717) is 0 Å². The minimum atomic E-state index is 0. The molecule has 2 nitrogen and oxygen atoms in total. The van der Waals surface area contributed by atoms with Crippen LogP contribution in [0.3, 0.4) is 0 Å². The molecule has 1 aliphatic heterocycles. The van der Waals surface area contributed by atoms with Gasteiger partial charge in [0, 0.05) is 50.3 Å². The van der Waals surface area contributed by atoms with Gasteiger partial charge in [-0.3, -0.25) is 0 Å². The van der Waals surface area contributed by atoms with Crippen LogP contribution < -0.4 is 0 Å². The fraction of sp³-hybridized carbons (Fsp3) is 0.0488. The Balaban J connectivity index is 0.00000208. The summed E-state index contributed by atoms with van der Waals surface area (Å²) in [7, 11) is 0. The molecular formula is C41H33N2NiS2-. The van der Waals surface area contributed by atoms with Gasteiger partial charge < -0.3 is 7.43 Å². The zero-order valence-electron chi connectivity index (χ0n) is 25.5. The summed E-state index contributed by atoms with van der Waals surface area (Å²) in [4.78, 5) is 11.0. The summed E-state index contributed by atoms with van der Waals surface area (Å²) in [6.07, 6.45) is 0. The van der Waals surface area contributed by atoms with E-state index in [1.54, 1.807) is 23.5 Å². The second-order valence-electron chi connectivity index (χ2n) is 10.4. The molecule has 0 spiro atoms. The van der Waals surface area contributed by atoms with Crippen molar-refractivity contribution in [2.45, 2.75) is 0 Å². The van der Waals surface area contributed by atoms with Crippen LogP contribution in [0, 0.1) is 7.43 Å². The summed E-state index contributed by atoms with van der Waals surface area (Å²) in [5.41, 5.74) is 11.0. The van der Waals surface area contributed by atoms with Crippen LogP contribution in [0.15, 0.2) is 168 Å². The quantitative estimate of drug-likeness (QED) is 0.130. The van der Waals surface area contributed by atoms with E-state index in [4.69, 9.17) is 9.98 Å². The van der Waals surface area contributed by atoms with Gasteiger partial charge in [0.2, 0.25) is 0 Å². The minimum absolute atomic E-state index is 0. The number of nitrogens with zero attached hydrogens (tertiary/aromatic N) is 2. The molecule has 0 amide bonds. The largest absolute Gasteiger partial charge is 0.358 e. The Morgan fingerprint density at radius 3 is 0.870 bits per heavy atom. The Bertz CT molecular complexity index is 1680. The van der Waals surface area contributed by atoms with Crippen LogP contribution in [0.1, 0.15) is 0 Å². The van der Waals surface area contributed by atoms with E-state index < -0.39 is 0 Å². The monoisotopic (exact) mass is 675 g/mol. The molecule has 0 saturated carbocycles. The molecule has 0 aromatic heterocycles. The molecule has 0 N–H and O–H groups in total. The molecule has 6 aromatic rings. The van der Waals surface area contributed by atoms with Gasteiger partial charge in [0.05, 0.1) is 11.4 Å². The van der Waals surface area contributed by atoms with Gasteiger partial charge >= 0.3 is 0 Å². The number of benzene rings is 6. The predicted octanol–water partition coefficient (Wildman–Crippen LogP) is 12.0. The van der Waals surface area contributed by atoms with E-state index >= 15 is 0 Å². The van der Waals surface area contributed by atoms with Crippen LogP contribution in [-0.2, 0) is 16.5 Å². The van der Waals surface area contributed by atoms with Crippen molar-refractivity contribution in [2.24, 2.45) is 9.98 Å². The predicted molar refractivity (Wildman–Crippen MR) is 200 cm³/mol. The van der Waals surface area contributed by atoms with E-state index in [2.05, 4.69) is 158 Å². The van der Waals surface area contributed by atoms with E-state index in [0.717, 1.165) is 77.5 Å². The van der Waals surface area contributed by atoms with Crippen molar-refractivity contribution in [3.8, 4) is 44.5 Å². The van der Waals surface area contributed by atoms with Gasteiger partial charge in [-0.25, -0.2) is 9.98 Å². The molecule has 0 unspecified atom stereocenters. The first-order valence-corrected chi connectivity index (χ1v) is 16.7. The summed E-state index contributed by atoms with van der Waals surface area (Å²) in [5.74, 6) is 1.98. The van der Waals surface area contributed by atoms with Gasteiger partial charge in [-0.2, -0.15) is 0 Å². The van der Waals surface area contributed by atoms with Gasteiger partial charge in [0.15, 0.2) is 0 Å². The first-order chi connectivity index (χ1) is 21.8. The number of hydrogen-bond acceptors (Lipinski definition) is 4. The molecule has 1 saturated heterocycles. The Morgan fingerprint density at radius 1 is 0.348 bits per heavy atom. The number of rotatable bonds is 6. The van der Waals surface area contributed by atoms with Gasteiger partial charge in [-0.05, 0) is 22.3 Å². The number of aliphatic imine (C=N–C) groups is 2. The zero-order valence-corrected chi connectivity index (χ0v) is 28.1. The van der Waals surface area contributed by atoms with Gasteiger partial charge in [0.25, 0.3) is 0 Å². The maximum atomic E-state index is 5.48. The van der Waals surface area contributed by atoms with E-state index in [-0.39, 0.29) is 23.9 Å². The molecule has 46 heavy (non-hydrogen) atoms. The fourth-order valence-corrected chi connectivity index (χ4v) is 7.55. The third-order valence-electron chi connectivity index (χ3n) is 7.58. The standard InChI is InChI=1S/C40H30N2S2.CH3.Ni/c1-5-15-29(16-6-1)33-23-13-24-34(30-17-7-2-8-18-30)37(33)41-39-40(44-28-27-43-39)42-38-35(31-19-9-3-10-20-31)25-14-26-36(38)32-21-11-4-12-22-32;;/h1-26H,27-28H2;1H3;/q;-1;. The third kappa shape index (κ3) is 7.29. The van der Waals surface area contributed by atoms with E-state index in [1.165, 1.54) is 0 Å². The first kappa shape index (κ1) is 33.2. The Morgan fingerprint density at radius 2 is 0.609 bits per heavy atom. The van der Waals surface area contributed by atoms with Crippen molar-refractivity contribution in [1.29, 1.82) is 0 Å². The summed E-state index contributed by atoms with van der Waals surface area (Å²) in [6, 6.07) is 55.2. The second-order valence-corrected chi connectivity index (χ2v) is 12.6. The van der Waals surface area contributed by atoms with Gasteiger partial charge in [-0.1, -0.05) is 158 Å². The number of thioether (sulfide) groups is 2. The van der Waals surface area contributed by atoms with Crippen molar-refractivity contribution < 1.29 is 16.5 Å². The zero-order chi connectivity index (χ0) is 29.6. The van der Waals surface area contributed by atoms with Crippen LogP contribution in [0.5, 0.6) is 0 Å². The topological polar surface area (TPSA) is 24.7 Å². The van der Waals surface area contributed by atoms with Crippen LogP contribution >= 0.6 is 23.5 Å². The van der Waals surface area contributed by atoms with Crippen molar-refractivity contribution in [1.82, 2.24) is 0 Å². The summed E-state index contributed by atoms with van der Waals surface area (Å²) in [5, 5.41) is 1.92. The SMILES string of the molecule is [CH3-].[Ni].c1ccc(-c2cccc(-c3ccccc3)c2N=C2SCCSC2=Nc2c(-c3ccccc3)cccc2-c2ccccc2)cc1. The van der Waals surface area contributed by atoms with Crippen molar-refractivity contribution in [3.05, 3.63) is 165 Å². The number of para-hydroxylation sites is 2. The Labute approximate surface area is 291 Å². The molecule has 1 heterocycles. The molecule has 0 aliphatic carbocycles. The molecule has 6 aromatic carbocycles. The molecule has 5 heteroatoms. The van der Waals surface area contributed by atoms with Crippen molar-refractivity contribution in [2.75, 3.05) is 11.5 Å². The van der Waals surface area contributed by atoms with E-state index in [1.807, 2.05) is 0 Å². The van der Waals surface area contributed by atoms with Crippen LogP contribution in [0.2, 0.25) is 0 Å². The molecule has 230 valence electrons. The Hall–Kier alpha value is -4.15. The molecule has 0 atom stereocenters. The van der Waals surface area contributed by atoms with Crippen LogP contribution in [0.25, 0.3) is 44.5 Å². The average molecular weight is 677 g/mol. The van der Waals surface area contributed by atoms with Gasteiger partial charge in [-0.15, -0.1) is 23.5 Å². The average Bonchev–Trinajstić information content (AvgIpc) is 3.11. The second kappa shape index (κ2) is 15.9. The molecular weight excluding hydrogens is 643 g/mol. The molecule has 1 aliphatic rings. The van der Waals surface area contributed by atoms with Crippen molar-refractivity contribution >= 4 is 45.0 Å².